The molecule has 6 nitrogen and oxygen atoms in total. The summed E-state index contributed by atoms with van der Waals surface area (Å²) in [7, 11) is 3.21. The number of ether oxygens (including phenoxy) is 2. The maximum atomic E-state index is 13.8. The fraction of sp³-hybridized carbons (Fsp3) is 0.310. The Morgan fingerprint density at radius 2 is 1.66 bits per heavy atom. The summed E-state index contributed by atoms with van der Waals surface area (Å²) in [6, 6.07) is 19.2. The average molecular weight is 471 g/mol. The van der Waals surface area contributed by atoms with Crippen LogP contribution in [-0.2, 0) is 24.2 Å². The maximum Gasteiger partial charge on any atom is 0.254 e. The molecule has 0 fully saturated rings. The zero-order valence-corrected chi connectivity index (χ0v) is 20.3. The van der Waals surface area contributed by atoms with Crippen molar-refractivity contribution in [3.8, 4) is 11.5 Å². The van der Waals surface area contributed by atoms with Crippen molar-refractivity contribution in [2.45, 2.75) is 38.3 Å². The van der Waals surface area contributed by atoms with Crippen molar-refractivity contribution in [2.75, 3.05) is 20.8 Å². The van der Waals surface area contributed by atoms with E-state index in [1.54, 1.807) is 14.2 Å². The smallest absolute Gasteiger partial charge is 0.254 e. The van der Waals surface area contributed by atoms with Crippen LogP contribution < -0.4 is 14.8 Å². The number of nitrogens with zero attached hydrogens (tertiary/aromatic N) is 1. The Labute approximate surface area is 205 Å². The summed E-state index contributed by atoms with van der Waals surface area (Å²) in [4.78, 5) is 29.1. The second-order valence-corrected chi connectivity index (χ2v) is 9.05. The fourth-order valence-electron chi connectivity index (χ4n) is 5.33. The lowest BCUT2D eigenvalue weighted by molar-refractivity contribution is -0.124. The van der Waals surface area contributed by atoms with Crippen molar-refractivity contribution in [2.24, 2.45) is 0 Å². The SMILES string of the molecule is CCc1ccc(CNC(=O)[C@@H]2c3ccccc3C(=O)N3CCc4cc(OC)c(OC)cc4[C@@H]23)cc1. The Morgan fingerprint density at radius 3 is 2.37 bits per heavy atom. The molecule has 6 heteroatoms. The van der Waals surface area contributed by atoms with E-state index in [-0.39, 0.29) is 11.8 Å². The van der Waals surface area contributed by atoms with Crippen molar-refractivity contribution in [1.82, 2.24) is 10.2 Å². The van der Waals surface area contributed by atoms with E-state index >= 15 is 0 Å². The number of benzene rings is 3. The summed E-state index contributed by atoms with van der Waals surface area (Å²) < 4.78 is 11.1. The minimum Gasteiger partial charge on any atom is -0.493 e. The van der Waals surface area contributed by atoms with Gasteiger partial charge in [-0.05, 0) is 58.9 Å². The molecule has 2 atom stereocenters. The van der Waals surface area contributed by atoms with Crippen molar-refractivity contribution in [3.63, 3.8) is 0 Å². The molecule has 0 radical (unpaired) electrons. The summed E-state index contributed by atoms with van der Waals surface area (Å²) in [5.41, 5.74) is 5.68. The molecular weight excluding hydrogens is 440 g/mol. The first-order chi connectivity index (χ1) is 17.0. The highest BCUT2D eigenvalue weighted by Gasteiger charge is 2.46. The summed E-state index contributed by atoms with van der Waals surface area (Å²) in [6.07, 6.45) is 1.67. The summed E-state index contributed by atoms with van der Waals surface area (Å²) in [5, 5.41) is 3.14. The quantitative estimate of drug-likeness (QED) is 0.579. The second kappa shape index (κ2) is 9.45. The number of carbonyl (C=O) groups is 2. The van der Waals surface area contributed by atoms with E-state index in [0.29, 0.717) is 36.6 Å². The van der Waals surface area contributed by atoms with Crippen LogP contribution in [0, 0.1) is 0 Å². The Morgan fingerprint density at radius 1 is 0.971 bits per heavy atom. The van der Waals surface area contributed by atoms with Gasteiger partial charge in [-0.25, -0.2) is 0 Å². The molecule has 35 heavy (non-hydrogen) atoms. The molecule has 1 N–H and O–H groups in total. The van der Waals surface area contributed by atoms with Gasteiger partial charge in [0.15, 0.2) is 11.5 Å². The van der Waals surface area contributed by atoms with Crippen LogP contribution in [0.1, 0.15) is 57.1 Å². The van der Waals surface area contributed by atoms with E-state index in [2.05, 4.69) is 36.5 Å². The van der Waals surface area contributed by atoms with Gasteiger partial charge in [0.1, 0.15) is 0 Å². The molecule has 0 spiro atoms. The van der Waals surface area contributed by atoms with Gasteiger partial charge >= 0.3 is 0 Å². The number of rotatable bonds is 6. The summed E-state index contributed by atoms with van der Waals surface area (Å²) >= 11 is 0. The minimum atomic E-state index is -0.532. The normalized spacial score (nSPS) is 18.3. The van der Waals surface area contributed by atoms with Gasteiger partial charge in [-0.3, -0.25) is 9.59 Å². The molecule has 3 aromatic carbocycles. The van der Waals surface area contributed by atoms with Gasteiger partial charge < -0.3 is 19.7 Å². The molecule has 0 aromatic heterocycles. The molecular formula is C29H30N2O4. The molecule has 2 amide bonds. The maximum absolute atomic E-state index is 13.8. The third-order valence-corrected chi connectivity index (χ3v) is 7.21. The Kier molecular flexibility index (Phi) is 6.20. The topological polar surface area (TPSA) is 67.9 Å². The number of aryl methyl sites for hydroxylation is 1. The van der Waals surface area contributed by atoms with Crippen molar-refractivity contribution in [1.29, 1.82) is 0 Å². The van der Waals surface area contributed by atoms with Crippen molar-refractivity contribution < 1.29 is 19.1 Å². The third-order valence-electron chi connectivity index (χ3n) is 7.21. The highest BCUT2D eigenvalue weighted by Crippen LogP contribution is 2.48. The molecule has 0 bridgehead atoms. The lowest BCUT2D eigenvalue weighted by atomic mass is 9.75. The largest absolute Gasteiger partial charge is 0.493 e. The van der Waals surface area contributed by atoms with Crippen molar-refractivity contribution >= 4 is 11.8 Å². The lowest BCUT2D eigenvalue weighted by Crippen LogP contribution is -2.50. The van der Waals surface area contributed by atoms with E-state index in [0.717, 1.165) is 28.7 Å². The van der Waals surface area contributed by atoms with Crippen LogP contribution in [0.2, 0.25) is 0 Å². The van der Waals surface area contributed by atoms with Crippen LogP contribution in [-0.4, -0.2) is 37.5 Å². The van der Waals surface area contributed by atoms with Gasteiger partial charge in [0.05, 0.1) is 26.2 Å². The molecule has 2 aliphatic heterocycles. The zero-order valence-electron chi connectivity index (χ0n) is 20.3. The van der Waals surface area contributed by atoms with Crippen molar-refractivity contribution in [3.05, 3.63) is 94.0 Å². The first-order valence-corrected chi connectivity index (χ1v) is 12.1. The molecule has 2 aliphatic rings. The standard InChI is InChI=1S/C29H30N2O4/c1-4-18-9-11-19(12-10-18)17-30-28(32)26-21-7-5-6-8-22(21)29(33)31-14-13-20-15-24(34-2)25(35-3)16-23(20)27(26)31/h5-12,15-16,26-27H,4,13-14,17H2,1-3H3,(H,30,32)/t26-,27+/m1/s1. The number of carbonyl (C=O) groups excluding carboxylic acids is 2. The average Bonchev–Trinajstić information content (AvgIpc) is 2.91. The van der Waals surface area contributed by atoms with E-state index in [1.807, 2.05) is 41.3 Å². The van der Waals surface area contributed by atoms with Gasteiger partial charge in [-0.15, -0.1) is 0 Å². The highest BCUT2D eigenvalue weighted by atomic mass is 16.5. The highest BCUT2D eigenvalue weighted by molar-refractivity contribution is 6.01. The van der Waals surface area contributed by atoms with Gasteiger partial charge in [0.25, 0.3) is 5.91 Å². The number of amides is 2. The van der Waals surface area contributed by atoms with Crippen LogP contribution >= 0.6 is 0 Å². The van der Waals surface area contributed by atoms with E-state index in [9.17, 15) is 9.59 Å². The van der Waals surface area contributed by atoms with Crippen LogP contribution in [0.5, 0.6) is 11.5 Å². The number of hydrogen-bond donors (Lipinski definition) is 1. The number of methoxy groups -OCH3 is 2. The monoisotopic (exact) mass is 470 g/mol. The van der Waals surface area contributed by atoms with E-state index in [1.165, 1.54) is 5.56 Å². The Hall–Kier alpha value is -3.80. The minimum absolute atomic E-state index is 0.0368. The third kappa shape index (κ3) is 4.03. The zero-order chi connectivity index (χ0) is 24.5. The van der Waals surface area contributed by atoms with Crippen LogP contribution in [0.4, 0.5) is 0 Å². The molecule has 0 unspecified atom stereocenters. The molecule has 0 saturated heterocycles. The van der Waals surface area contributed by atoms with Crippen LogP contribution in [0.25, 0.3) is 0 Å². The van der Waals surface area contributed by atoms with Gasteiger partial charge in [0.2, 0.25) is 5.91 Å². The number of nitrogens with one attached hydrogen (secondary N) is 1. The Balaban J connectivity index is 1.55. The molecule has 3 aromatic rings. The van der Waals surface area contributed by atoms with Gasteiger partial charge in [0, 0.05) is 18.7 Å². The number of fused-ring (bicyclic) bond motifs is 4. The van der Waals surface area contributed by atoms with Crippen LogP contribution in [0.15, 0.2) is 60.7 Å². The van der Waals surface area contributed by atoms with Crippen LogP contribution in [0.3, 0.4) is 0 Å². The van der Waals surface area contributed by atoms with E-state index in [4.69, 9.17) is 9.47 Å². The predicted molar refractivity (Wildman–Crippen MR) is 134 cm³/mol. The first kappa shape index (κ1) is 23.0. The molecule has 0 aliphatic carbocycles. The second-order valence-electron chi connectivity index (χ2n) is 9.05. The van der Waals surface area contributed by atoms with Gasteiger partial charge in [-0.1, -0.05) is 49.4 Å². The number of hydrogen-bond acceptors (Lipinski definition) is 4. The fourth-order valence-corrected chi connectivity index (χ4v) is 5.33. The summed E-state index contributed by atoms with van der Waals surface area (Å²) in [5.74, 6) is 0.580. The summed E-state index contributed by atoms with van der Waals surface area (Å²) in [6.45, 7) is 3.10. The molecule has 0 saturated carbocycles. The lowest BCUT2D eigenvalue weighted by Gasteiger charge is -2.45. The van der Waals surface area contributed by atoms with Gasteiger partial charge in [-0.2, -0.15) is 0 Å². The Bertz CT molecular complexity index is 1270. The van der Waals surface area contributed by atoms with E-state index < -0.39 is 12.0 Å². The molecule has 180 valence electrons. The molecule has 2 heterocycles. The first-order valence-electron chi connectivity index (χ1n) is 12.1. The molecule has 5 rings (SSSR count). The predicted octanol–water partition coefficient (Wildman–Crippen LogP) is 4.42.